The molecule has 5 heteroatoms. The van der Waals surface area contributed by atoms with Crippen molar-refractivity contribution in [3.05, 3.63) is 62.3 Å². The van der Waals surface area contributed by atoms with E-state index in [1.54, 1.807) is 12.1 Å². The van der Waals surface area contributed by atoms with Crippen LogP contribution in [0.2, 0.25) is 5.02 Å². The molecule has 0 spiro atoms. The number of benzene rings is 2. The third-order valence-corrected chi connectivity index (χ3v) is 4.38. The SMILES string of the molecule is NC(Cc1cc(Br)cc2c1OCC2)c1ccc(F)c(Cl)c1. The predicted octanol–water partition coefficient (Wildman–Crippen LogP) is 4.42. The molecule has 0 radical (unpaired) electrons. The highest BCUT2D eigenvalue weighted by Gasteiger charge is 2.20. The molecular weight excluding hydrogens is 357 g/mol. The summed E-state index contributed by atoms with van der Waals surface area (Å²) in [6, 6.07) is 8.44. The first-order valence-corrected chi connectivity index (χ1v) is 7.86. The molecule has 0 saturated heterocycles. The van der Waals surface area contributed by atoms with Gasteiger partial charge in [0.15, 0.2) is 0 Å². The molecule has 2 N–H and O–H groups in total. The summed E-state index contributed by atoms with van der Waals surface area (Å²) >= 11 is 9.33. The number of halogens is 3. The summed E-state index contributed by atoms with van der Waals surface area (Å²) in [6.07, 6.45) is 1.53. The molecule has 1 aliphatic rings. The first kappa shape index (κ1) is 14.8. The number of fused-ring (bicyclic) bond motifs is 1. The normalized spacial score (nSPS) is 14.7. The van der Waals surface area contributed by atoms with E-state index in [1.807, 2.05) is 6.07 Å². The summed E-state index contributed by atoms with van der Waals surface area (Å²) < 4.78 is 19.9. The van der Waals surface area contributed by atoms with E-state index in [2.05, 4.69) is 22.0 Å². The van der Waals surface area contributed by atoms with Crippen LogP contribution in [0.4, 0.5) is 4.39 Å². The predicted molar refractivity (Wildman–Crippen MR) is 85.4 cm³/mol. The van der Waals surface area contributed by atoms with E-state index < -0.39 is 5.82 Å². The molecule has 2 aromatic carbocycles. The Morgan fingerprint density at radius 1 is 1.33 bits per heavy atom. The van der Waals surface area contributed by atoms with Gasteiger partial charge in [0, 0.05) is 16.9 Å². The molecule has 3 rings (SSSR count). The van der Waals surface area contributed by atoms with Gasteiger partial charge in [-0.3, -0.25) is 0 Å². The monoisotopic (exact) mass is 369 g/mol. The van der Waals surface area contributed by atoms with Crippen LogP contribution < -0.4 is 10.5 Å². The van der Waals surface area contributed by atoms with Crippen molar-refractivity contribution in [2.75, 3.05) is 6.61 Å². The fourth-order valence-electron chi connectivity index (χ4n) is 2.60. The zero-order valence-electron chi connectivity index (χ0n) is 11.2. The maximum Gasteiger partial charge on any atom is 0.141 e. The minimum Gasteiger partial charge on any atom is -0.493 e. The smallest absolute Gasteiger partial charge is 0.141 e. The Labute approximate surface area is 136 Å². The minimum absolute atomic E-state index is 0.0960. The number of hydrogen-bond acceptors (Lipinski definition) is 2. The van der Waals surface area contributed by atoms with Gasteiger partial charge in [-0.2, -0.15) is 0 Å². The van der Waals surface area contributed by atoms with Crippen molar-refractivity contribution < 1.29 is 9.13 Å². The number of nitrogens with two attached hydrogens (primary N) is 1. The Bertz CT molecular complexity index is 692. The quantitative estimate of drug-likeness (QED) is 0.868. The van der Waals surface area contributed by atoms with E-state index in [1.165, 1.54) is 11.6 Å². The van der Waals surface area contributed by atoms with Gasteiger partial charge in [0.1, 0.15) is 11.6 Å². The third-order valence-electron chi connectivity index (χ3n) is 3.64. The van der Waals surface area contributed by atoms with Gasteiger partial charge < -0.3 is 10.5 Å². The van der Waals surface area contributed by atoms with Crippen molar-refractivity contribution >= 4 is 27.5 Å². The Kier molecular flexibility index (Phi) is 4.20. The summed E-state index contributed by atoms with van der Waals surface area (Å²) in [5.74, 6) is 0.501. The third kappa shape index (κ3) is 3.07. The van der Waals surface area contributed by atoms with E-state index in [9.17, 15) is 4.39 Å². The average Bonchev–Trinajstić information content (AvgIpc) is 2.90. The van der Waals surface area contributed by atoms with Gasteiger partial charge in [-0.25, -0.2) is 4.39 Å². The first-order chi connectivity index (χ1) is 10.0. The van der Waals surface area contributed by atoms with Gasteiger partial charge in [-0.1, -0.05) is 33.6 Å². The fraction of sp³-hybridized carbons (Fsp3) is 0.250. The van der Waals surface area contributed by atoms with Gasteiger partial charge in [-0.15, -0.1) is 0 Å². The van der Waals surface area contributed by atoms with E-state index in [0.717, 1.165) is 27.8 Å². The highest BCUT2D eigenvalue weighted by atomic mass is 79.9. The summed E-state index contributed by atoms with van der Waals surface area (Å²) in [4.78, 5) is 0. The standard InChI is InChI=1S/C16H14BrClFNO/c17-12-5-10-3-4-21-16(10)11(6-12)8-15(20)9-1-2-14(19)13(18)7-9/h1-2,5-7,15H,3-4,8,20H2. The topological polar surface area (TPSA) is 35.2 Å². The Balaban J connectivity index is 1.88. The van der Waals surface area contributed by atoms with Crippen molar-refractivity contribution in [1.29, 1.82) is 0 Å². The van der Waals surface area contributed by atoms with E-state index in [-0.39, 0.29) is 11.1 Å². The van der Waals surface area contributed by atoms with Crippen molar-refractivity contribution in [3.63, 3.8) is 0 Å². The van der Waals surface area contributed by atoms with E-state index in [4.69, 9.17) is 22.1 Å². The maximum atomic E-state index is 13.2. The van der Waals surface area contributed by atoms with Crippen molar-refractivity contribution in [3.8, 4) is 5.75 Å². The van der Waals surface area contributed by atoms with Crippen molar-refractivity contribution in [2.45, 2.75) is 18.9 Å². The highest BCUT2D eigenvalue weighted by molar-refractivity contribution is 9.10. The summed E-state index contributed by atoms with van der Waals surface area (Å²) in [6.45, 7) is 0.705. The van der Waals surface area contributed by atoms with E-state index >= 15 is 0 Å². The molecule has 0 bridgehead atoms. The maximum absolute atomic E-state index is 13.2. The molecule has 0 amide bonds. The van der Waals surface area contributed by atoms with Crippen molar-refractivity contribution in [2.24, 2.45) is 5.73 Å². The molecule has 1 unspecified atom stereocenters. The highest BCUT2D eigenvalue weighted by Crippen LogP contribution is 2.35. The van der Waals surface area contributed by atoms with Crippen LogP contribution in [0.1, 0.15) is 22.7 Å². The van der Waals surface area contributed by atoms with Crippen LogP contribution in [0.15, 0.2) is 34.8 Å². The summed E-state index contributed by atoms with van der Waals surface area (Å²) in [5, 5.41) is 0.0960. The van der Waals surface area contributed by atoms with Crippen LogP contribution in [-0.4, -0.2) is 6.61 Å². The number of rotatable bonds is 3. The number of hydrogen-bond donors (Lipinski definition) is 1. The van der Waals surface area contributed by atoms with Gasteiger partial charge in [0.25, 0.3) is 0 Å². The fourth-order valence-corrected chi connectivity index (χ4v) is 3.34. The lowest BCUT2D eigenvalue weighted by Crippen LogP contribution is -2.14. The Hall–Kier alpha value is -1.10. The molecule has 0 saturated carbocycles. The molecule has 0 aliphatic carbocycles. The lowest BCUT2D eigenvalue weighted by Gasteiger charge is -2.15. The average molecular weight is 371 g/mol. The molecule has 1 heterocycles. The molecule has 0 fully saturated rings. The number of ether oxygens (including phenoxy) is 1. The molecule has 110 valence electrons. The largest absolute Gasteiger partial charge is 0.493 e. The van der Waals surface area contributed by atoms with Crippen LogP contribution in [0.5, 0.6) is 5.75 Å². The van der Waals surface area contributed by atoms with Crippen LogP contribution in [-0.2, 0) is 12.8 Å². The van der Waals surface area contributed by atoms with Gasteiger partial charge in [0.2, 0.25) is 0 Å². The molecule has 21 heavy (non-hydrogen) atoms. The Morgan fingerprint density at radius 2 is 2.14 bits per heavy atom. The van der Waals surface area contributed by atoms with Gasteiger partial charge >= 0.3 is 0 Å². The lowest BCUT2D eigenvalue weighted by atomic mass is 9.97. The van der Waals surface area contributed by atoms with Gasteiger partial charge in [-0.05, 0) is 47.4 Å². The molecule has 0 aromatic heterocycles. The summed E-state index contributed by atoms with van der Waals surface area (Å²) in [5.41, 5.74) is 9.31. The minimum atomic E-state index is -0.431. The molecule has 1 aliphatic heterocycles. The molecule has 2 aromatic rings. The summed E-state index contributed by atoms with van der Waals surface area (Å²) in [7, 11) is 0. The van der Waals surface area contributed by atoms with Crippen molar-refractivity contribution in [1.82, 2.24) is 0 Å². The first-order valence-electron chi connectivity index (χ1n) is 6.69. The zero-order valence-corrected chi connectivity index (χ0v) is 13.5. The van der Waals surface area contributed by atoms with Crippen LogP contribution in [0.25, 0.3) is 0 Å². The van der Waals surface area contributed by atoms with E-state index in [0.29, 0.717) is 13.0 Å². The lowest BCUT2D eigenvalue weighted by molar-refractivity contribution is 0.352. The molecular formula is C16H14BrClFNO. The zero-order chi connectivity index (χ0) is 15.0. The van der Waals surface area contributed by atoms with Crippen LogP contribution in [0, 0.1) is 5.82 Å². The second kappa shape index (κ2) is 5.95. The second-order valence-corrected chi connectivity index (χ2v) is 6.46. The molecule has 2 nitrogen and oxygen atoms in total. The van der Waals surface area contributed by atoms with Crippen LogP contribution >= 0.6 is 27.5 Å². The van der Waals surface area contributed by atoms with Gasteiger partial charge in [0.05, 0.1) is 11.6 Å². The Morgan fingerprint density at radius 3 is 2.90 bits per heavy atom. The van der Waals surface area contributed by atoms with Crippen LogP contribution in [0.3, 0.4) is 0 Å². The second-order valence-electron chi connectivity index (χ2n) is 5.14. The molecule has 1 atom stereocenters.